The molecule has 102 valence electrons. The number of ether oxygens (including phenoxy) is 2. The second-order valence-corrected chi connectivity index (χ2v) is 5.93. The van der Waals surface area contributed by atoms with Crippen molar-refractivity contribution in [3.8, 4) is 0 Å². The Hall–Kier alpha value is -1.10. The first-order valence-electron chi connectivity index (χ1n) is 6.48. The van der Waals surface area contributed by atoms with Crippen LogP contribution in [0, 0.1) is 5.92 Å². The summed E-state index contributed by atoms with van der Waals surface area (Å²) >= 11 is 0. The molecule has 0 saturated carbocycles. The average molecular weight is 255 g/mol. The van der Waals surface area contributed by atoms with Gasteiger partial charge in [-0.25, -0.2) is 0 Å². The summed E-state index contributed by atoms with van der Waals surface area (Å²) in [4.78, 5) is 25.4. The van der Waals surface area contributed by atoms with Gasteiger partial charge < -0.3 is 9.47 Å². The van der Waals surface area contributed by atoms with Gasteiger partial charge in [-0.15, -0.1) is 0 Å². The molecule has 0 aliphatic carbocycles. The van der Waals surface area contributed by atoms with Crippen LogP contribution in [0.3, 0.4) is 0 Å². The predicted octanol–water partition coefficient (Wildman–Crippen LogP) is 0.964. The van der Waals surface area contributed by atoms with E-state index in [1.165, 1.54) is 0 Å². The van der Waals surface area contributed by atoms with Crippen LogP contribution in [0.1, 0.15) is 34.1 Å². The van der Waals surface area contributed by atoms with Gasteiger partial charge in [-0.2, -0.15) is 0 Å². The minimum Gasteiger partial charge on any atom is -0.465 e. The summed E-state index contributed by atoms with van der Waals surface area (Å²) in [7, 11) is 0. The lowest BCUT2D eigenvalue weighted by Crippen LogP contribution is -2.32. The maximum absolute atomic E-state index is 11.9. The Morgan fingerprint density at radius 2 is 1.94 bits per heavy atom. The van der Waals surface area contributed by atoms with E-state index in [0.29, 0.717) is 19.6 Å². The van der Waals surface area contributed by atoms with Crippen LogP contribution in [0.25, 0.3) is 0 Å². The standard InChI is InChI=1S/C13H21NO4/c1-5-17-12(16)10-9-6-8(7-14(9)10)11(15)18-13(2,3)4/h8-10H,5-7H2,1-4H3. The molecule has 4 atom stereocenters. The highest BCUT2D eigenvalue weighted by molar-refractivity contribution is 5.82. The van der Waals surface area contributed by atoms with Crippen LogP contribution < -0.4 is 0 Å². The van der Waals surface area contributed by atoms with E-state index in [0.717, 1.165) is 0 Å². The van der Waals surface area contributed by atoms with Gasteiger partial charge in [-0.1, -0.05) is 0 Å². The molecule has 0 spiro atoms. The van der Waals surface area contributed by atoms with Crippen molar-refractivity contribution in [2.24, 2.45) is 5.92 Å². The molecule has 18 heavy (non-hydrogen) atoms. The van der Waals surface area contributed by atoms with Crippen LogP contribution >= 0.6 is 0 Å². The Balaban J connectivity index is 1.81. The lowest BCUT2D eigenvalue weighted by molar-refractivity contribution is -0.160. The van der Waals surface area contributed by atoms with Gasteiger partial charge in [-0.05, 0) is 34.1 Å². The molecule has 2 rings (SSSR count). The molecule has 2 fully saturated rings. The molecular formula is C13H21NO4. The van der Waals surface area contributed by atoms with Crippen LogP contribution in [0.2, 0.25) is 0 Å². The number of nitrogens with zero attached hydrogens (tertiary/aromatic N) is 1. The first kappa shape index (κ1) is 13.3. The molecule has 0 aromatic carbocycles. The number of fused-ring (bicyclic) bond motifs is 1. The zero-order valence-corrected chi connectivity index (χ0v) is 11.4. The summed E-state index contributed by atoms with van der Waals surface area (Å²) in [6.45, 7) is 8.41. The minimum atomic E-state index is -0.445. The fourth-order valence-electron chi connectivity index (χ4n) is 2.54. The second-order valence-electron chi connectivity index (χ2n) is 5.93. The Morgan fingerprint density at radius 1 is 1.28 bits per heavy atom. The maximum atomic E-state index is 11.9. The van der Waals surface area contributed by atoms with E-state index >= 15 is 0 Å². The van der Waals surface area contributed by atoms with Gasteiger partial charge >= 0.3 is 11.9 Å². The van der Waals surface area contributed by atoms with Gasteiger partial charge in [0.1, 0.15) is 11.6 Å². The molecule has 0 N–H and O–H groups in total. The lowest BCUT2D eigenvalue weighted by atomic mass is 10.0. The molecule has 2 heterocycles. The van der Waals surface area contributed by atoms with Crippen molar-refractivity contribution >= 4 is 11.9 Å². The number of carbonyl (C=O) groups excluding carboxylic acids is 2. The van der Waals surface area contributed by atoms with Gasteiger partial charge in [0.15, 0.2) is 0 Å². The number of carbonyl (C=O) groups is 2. The van der Waals surface area contributed by atoms with E-state index < -0.39 is 5.60 Å². The van der Waals surface area contributed by atoms with Crippen molar-refractivity contribution in [1.82, 2.24) is 4.90 Å². The number of esters is 2. The summed E-state index contributed by atoms with van der Waals surface area (Å²) in [5, 5.41) is 0. The van der Waals surface area contributed by atoms with Crippen molar-refractivity contribution < 1.29 is 19.1 Å². The Bertz CT molecular complexity index is 348. The van der Waals surface area contributed by atoms with Crippen molar-refractivity contribution in [3.63, 3.8) is 0 Å². The Labute approximate surface area is 107 Å². The first-order valence-corrected chi connectivity index (χ1v) is 6.48. The van der Waals surface area contributed by atoms with Gasteiger partial charge in [-0.3, -0.25) is 14.5 Å². The Kier molecular flexibility index (Phi) is 3.36. The quantitative estimate of drug-likeness (QED) is 0.555. The first-order chi connectivity index (χ1) is 8.33. The molecule has 0 radical (unpaired) electrons. The van der Waals surface area contributed by atoms with E-state index in [1.54, 1.807) is 6.92 Å². The summed E-state index contributed by atoms with van der Waals surface area (Å²) in [5.74, 6) is -0.414. The van der Waals surface area contributed by atoms with Crippen LogP contribution in [0.15, 0.2) is 0 Å². The predicted molar refractivity (Wildman–Crippen MR) is 64.9 cm³/mol. The smallest absolute Gasteiger partial charge is 0.324 e. The molecule has 2 saturated heterocycles. The van der Waals surface area contributed by atoms with Crippen molar-refractivity contribution in [2.75, 3.05) is 13.2 Å². The molecule has 4 unspecified atom stereocenters. The Morgan fingerprint density at radius 3 is 2.39 bits per heavy atom. The summed E-state index contributed by atoms with van der Waals surface area (Å²) < 4.78 is 10.3. The zero-order chi connectivity index (χ0) is 13.5. The lowest BCUT2D eigenvalue weighted by Gasteiger charge is -2.22. The molecule has 2 aliphatic rings. The third-order valence-corrected chi connectivity index (χ3v) is 3.28. The maximum Gasteiger partial charge on any atom is 0.324 e. The van der Waals surface area contributed by atoms with Crippen LogP contribution in [0.4, 0.5) is 0 Å². The summed E-state index contributed by atoms with van der Waals surface area (Å²) in [6, 6.07) is 0.0604. The van der Waals surface area contributed by atoms with Crippen molar-refractivity contribution in [3.05, 3.63) is 0 Å². The highest BCUT2D eigenvalue weighted by Gasteiger charge is 2.60. The number of hydrogen-bond acceptors (Lipinski definition) is 5. The summed E-state index contributed by atoms with van der Waals surface area (Å²) in [5.41, 5.74) is -0.445. The van der Waals surface area contributed by atoms with E-state index in [4.69, 9.17) is 9.47 Å². The topological polar surface area (TPSA) is 55.6 Å². The third-order valence-electron chi connectivity index (χ3n) is 3.28. The van der Waals surface area contributed by atoms with Crippen LogP contribution in [-0.2, 0) is 19.1 Å². The van der Waals surface area contributed by atoms with E-state index in [1.807, 2.05) is 25.7 Å². The molecule has 0 bridgehead atoms. The molecule has 0 aromatic rings. The highest BCUT2D eigenvalue weighted by atomic mass is 16.6. The van der Waals surface area contributed by atoms with Crippen molar-refractivity contribution in [1.29, 1.82) is 0 Å². The monoisotopic (exact) mass is 255 g/mol. The third kappa shape index (κ3) is 2.66. The van der Waals surface area contributed by atoms with E-state index in [-0.39, 0.29) is 29.9 Å². The summed E-state index contributed by atoms with van der Waals surface area (Å²) in [6.07, 6.45) is 0.707. The molecule has 5 nitrogen and oxygen atoms in total. The zero-order valence-electron chi connectivity index (χ0n) is 11.4. The SMILES string of the molecule is CCOC(=O)C1C2CC(C(=O)OC(C)(C)C)CN21. The van der Waals surface area contributed by atoms with Gasteiger partial charge in [0.05, 0.1) is 12.5 Å². The number of piperidine rings is 1. The molecule has 0 amide bonds. The van der Waals surface area contributed by atoms with Crippen molar-refractivity contribution in [2.45, 2.75) is 51.8 Å². The van der Waals surface area contributed by atoms with Gasteiger partial charge in [0.25, 0.3) is 0 Å². The minimum absolute atomic E-state index is 0.0973. The fraction of sp³-hybridized carbons (Fsp3) is 0.846. The molecule has 5 heteroatoms. The van der Waals surface area contributed by atoms with Crippen LogP contribution in [0.5, 0.6) is 0 Å². The van der Waals surface area contributed by atoms with Gasteiger partial charge in [0, 0.05) is 12.6 Å². The number of hydrogen-bond donors (Lipinski definition) is 0. The normalized spacial score (nSPS) is 33.8. The molecular weight excluding hydrogens is 234 g/mol. The van der Waals surface area contributed by atoms with Crippen LogP contribution in [-0.4, -0.2) is 47.7 Å². The van der Waals surface area contributed by atoms with E-state index in [9.17, 15) is 9.59 Å². The molecule has 0 aromatic heterocycles. The fourth-order valence-corrected chi connectivity index (χ4v) is 2.54. The largest absolute Gasteiger partial charge is 0.465 e. The number of rotatable bonds is 3. The van der Waals surface area contributed by atoms with Gasteiger partial charge in [0.2, 0.25) is 0 Å². The second kappa shape index (κ2) is 4.53. The highest BCUT2D eigenvalue weighted by Crippen LogP contribution is 2.42. The molecule has 2 aliphatic heterocycles. The average Bonchev–Trinajstić information content (AvgIpc) is 2.72. The van der Waals surface area contributed by atoms with E-state index in [2.05, 4.69) is 0 Å².